The van der Waals surface area contributed by atoms with Gasteiger partial charge in [-0.05, 0) is 25.5 Å². The maximum atomic E-state index is 14.4. The number of imidazole rings is 1. The van der Waals surface area contributed by atoms with E-state index in [2.05, 4.69) is 10.3 Å². The smallest absolute Gasteiger partial charge is 0.348 e. The average Bonchev–Trinajstić information content (AvgIpc) is 3.04. The van der Waals surface area contributed by atoms with Crippen LogP contribution in [0, 0.1) is 0 Å². The number of carbonyl (C=O) groups excluding carboxylic acids is 2. The van der Waals surface area contributed by atoms with Gasteiger partial charge in [0.2, 0.25) is 11.8 Å². The van der Waals surface area contributed by atoms with Gasteiger partial charge in [-0.25, -0.2) is 18.6 Å². The minimum atomic E-state index is -2.77. The highest BCUT2D eigenvalue weighted by Gasteiger charge is 2.45. The van der Waals surface area contributed by atoms with Gasteiger partial charge in [-0.15, -0.1) is 0 Å². The van der Waals surface area contributed by atoms with E-state index < -0.39 is 29.5 Å². The zero-order chi connectivity index (χ0) is 23.3. The molecule has 0 radical (unpaired) electrons. The molecule has 2 aromatic rings. The number of nitrogens with zero attached hydrogens (tertiary/aromatic N) is 6. The predicted molar refractivity (Wildman–Crippen MR) is 117 cm³/mol. The fourth-order valence-corrected chi connectivity index (χ4v) is 5.17. The van der Waals surface area contributed by atoms with Crippen molar-refractivity contribution in [3.63, 3.8) is 0 Å². The first-order valence-corrected chi connectivity index (χ1v) is 11.3. The minimum absolute atomic E-state index is 0.204. The molecule has 1 N–H and O–H groups in total. The molecule has 33 heavy (non-hydrogen) atoms. The van der Waals surface area contributed by atoms with Crippen LogP contribution < -0.4 is 20.9 Å². The van der Waals surface area contributed by atoms with Crippen molar-refractivity contribution in [2.24, 2.45) is 7.05 Å². The number of piperazine rings is 1. The third kappa shape index (κ3) is 3.61. The number of pyridine rings is 1. The van der Waals surface area contributed by atoms with E-state index in [0.29, 0.717) is 62.4 Å². The first-order chi connectivity index (χ1) is 15.8. The van der Waals surface area contributed by atoms with Crippen LogP contribution in [0.5, 0.6) is 0 Å². The lowest BCUT2D eigenvalue weighted by Gasteiger charge is -2.44. The van der Waals surface area contributed by atoms with E-state index in [1.54, 1.807) is 19.3 Å². The first kappa shape index (κ1) is 22.0. The number of carbonyl (C=O) groups is 2. The number of alkyl halides is 2. The average molecular weight is 463 g/mol. The van der Waals surface area contributed by atoms with Gasteiger partial charge in [0, 0.05) is 52.3 Å². The summed E-state index contributed by atoms with van der Waals surface area (Å²) in [6.07, 6.45) is 2.82. The lowest BCUT2D eigenvalue weighted by molar-refractivity contribution is -0.131. The number of halogens is 2. The maximum absolute atomic E-state index is 14.4. The van der Waals surface area contributed by atoms with Crippen LogP contribution in [0.15, 0.2) is 17.1 Å². The number of hydrogen-bond acceptors (Lipinski definition) is 7. The Balaban J connectivity index is 1.45. The van der Waals surface area contributed by atoms with Gasteiger partial charge < -0.3 is 10.2 Å². The van der Waals surface area contributed by atoms with Crippen molar-refractivity contribution in [3.05, 3.63) is 22.7 Å². The van der Waals surface area contributed by atoms with E-state index in [1.807, 2.05) is 9.80 Å². The number of anilines is 1. The summed E-state index contributed by atoms with van der Waals surface area (Å²) in [5.41, 5.74) is 0.425. The van der Waals surface area contributed by atoms with Gasteiger partial charge in [0.1, 0.15) is 5.52 Å². The third-order valence-corrected chi connectivity index (χ3v) is 6.87. The van der Waals surface area contributed by atoms with Gasteiger partial charge in [-0.2, -0.15) is 9.69 Å². The van der Waals surface area contributed by atoms with Crippen LogP contribution in [0.25, 0.3) is 11.0 Å². The molecule has 0 saturated carbocycles. The van der Waals surface area contributed by atoms with Crippen molar-refractivity contribution in [2.75, 3.05) is 49.2 Å². The molecular formula is C21H27F2N7O3. The molecule has 0 unspecified atom stereocenters. The molecule has 3 saturated heterocycles. The van der Waals surface area contributed by atoms with Gasteiger partial charge in [0.25, 0.3) is 5.92 Å². The van der Waals surface area contributed by atoms with Crippen molar-refractivity contribution < 1.29 is 18.4 Å². The fourth-order valence-electron chi connectivity index (χ4n) is 5.17. The number of piperidine rings is 2. The predicted octanol–water partition coefficient (Wildman–Crippen LogP) is 0.0293. The Morgan fingerprint density at radius 2 is 1.79 bits per heavy atom. The van der Waals surface area contributed by atoms with Crippen LogP contribution >= 0.6 is 0 Å². The second-order valence-electron chi connectivity index (χ2n) is 8.87. The van der Waals surface area contributed by atoms with E-state index in [9.17, 15) is 23.2 Å². The largest absolute Gasteiger partial charge is 0.352 e. The molecule has 2 aromatic heterocycles. The van der Waals surface area contributed by atoms with Crippen LogP contribution in [-0.4, -0.2) is 82.2 Å². The van der Waals surface area contributed by atoms with Gasteiger partial charge in [0.05, 0.1) is 18.1 Å². The summed E-state index contributed by atoms with van der Waals surface area (Å²) in [7, 11) is 1.58. The van der Waals surface area contributed by atoms with E-state index in [-0.39, 0.29) is 19.4 Å². The van der Waals surface area contributed by atoms with Crippen LogP contribution in [0.3, 0.4) is 0 Å². The molecule has 12 heteroatoms. The molecule has 3 fully saturated rings. The second kappa shape index (κ2) is 8.17. The number of hydrogen-bond donors (Lipinski definition) is 1. The number of aryl methyl sites for hydroxylation is 1. The number of nitrogens with one attached hydrogen (secondary N) is 1. The summed E-state index contributed by atoms with van der Waals surface area (Å²) in [6, 6.07) is 0.826. The van der Waals surface area contributed by atoms with Crippen molar-refractivity contribution in [1.82, 2.24) is 24.4 Å². The van der Waals surface area contributed by atoms with Gasteiger partial charge in [-0.3, -0.25) is 19.1 Å². The zero-order valence-electron chi connectivity index (χ0n) is 18.5. The Hall–Kier alpha value is -2.86. The second-order valence-corrected chi connectivity index (χ2v) is 8.87. The molecule has 0 spiro atoms. The Labute approximate surface area is 188 Å². The van der Waals surface area contributed by atoms with Gasteiger partial charge >= 0.3 is 5.69 Å². The SMILES string of the molecule is Cn1c(=O)n(N2C(=O)CCCC2=O)c2ccnc(N3CCN([C@@H]4CCNCC4(F)F)CC3)c21. The van der Waals surface area contributed by atoms with E-state index in [4.69, 9.17) is 0 Å². The number of rotatable bonds is 3. The molecular weight excluding hydrogens is 436 g/mol. The quantitative estimate of drug-likeness (QED) is 0.642. The highest BCUT2D eigenvalue weighted by molar-refractivity contribution is 6.11. The monoisotopic (exact) mass is 463 g/mol. The molecule has 5 heterocycles. The maximum Gasteiger partial charge on any atom is 0.348 e. The highest BCUT2D eigenvalue weighted by atomic mass is 19.3. The lowest BCUT2D eigenvalue weighted by Crippen LogP contribution is -2.61. The normalized spacial score (nSPS) is 24.6. The summed E-state index contributed by atoms with van der Waals surface area (Å²) in [5.74, 6) is -3.04. The van der Waals surface area contributed by atoms with Gasteiger partial charge in [-0.1, -0.05) is 0 Å². The molecule has 5 rings (SSSR count). The first-order valence-electron chi connectivity index (χ1n) is 11.3. The topological polar surface area (TPSA) is 95.7 Å². The van der Waals surface area contributed by atoms with Crippen molar-refractivity contribution in [3.8, 4) is 0 Å². The van der Waals surface area contributed by atoms with E-state index >= 15 is 0 Å². The Morgan fingerprint density at radius 3 is 2.45 bits per heavy atom. The molecule has 0 aromatic carbocycles. The van der Waals surface area contributed by atoms with E-state index in [1.165, 1.54) is 4.57 Å². The number of amides is 2. The minimum Gasteiger partial charge on any atom is -0.352 e. The number of fused-ring (bicyclic) bond motifs is 1. The van der Waals surface area contributed by atoms with Crippen molar-refractivity contribution in [2.45, 2.75) is 37.6 Å². The van der Waals surface area contributed by atoms with Crippen LogP contribution in [0.4, 0.5) is 14.6 Å². The van der Waals surface area contributed by atoms with E-state index in [0.717, 1.165) is 9.69 Å². The summed E-state index contributed by atoms with van der Waals surface area (Å²) >= 11 is 0. The molecule has 2 amide bonds. The summed E-state index contributed by atoms with van der Waals surface area (Å²) < 4.78 is 31.3. The summed E-state index contributed by atoms with van der Waals surface area (Å²) in [4.78, 5) is 46.3. The molecule has 3 aliphatic heterocycles. The van der Waals surface area contributed by atoms with Crippen LogP contribution in [0.2, 0.25) is 0 Å². The Bertz CT molecular complexity index is 1140. The third-order valence-electron chi connectivity index (χ3n) is 6.87. The lowest BCUT2D eigenvalue weighted by atomic mass is 9.99. The number of aromatic nitrogens is 3. The zero-order valence-corrected chi connectivity index (χ0v) is 18.5. The van der Waals surface area contributed by atoms with Crippen molar-refractivity contribution in [1.29, 1.82) is 0 Å². The van der Waals surface area contributed by atoms with Gasteiger partial charge in [0.15, 0.2) is 5.82 Å². The highest BCUT2D eigenvalue weighted by Crippen LogP contribution is 2.30. The summed E-state index contributed by atoms with van der Waals surface area (Å²) in [6.45, 7) is 2.14. The fraction of sp³-hybridized carbons (Fsp3) is 0.619. The van der Waals surface area contributed by atoms with Crippen LogP contribution in [-0.2, 0) is 16.6 Å². The van der Waals surface area contributed by atoms with Crippen molar-refractivity contribution >= 4 is 28.7 Å². The molecule has 1 atom stereocenters. The molecule has 0 aliphatic carbocycles. The molecule has 0 bridgehead atoms. The Morgan fingerprint density at radius 1 is 1.09 bits per heavy atom. The summed E-state index contributed by atoms with van der Waals surface area (Å²) in [5, 5.41) is 3.70. The standard InChI is InChI=1S/C21H27F2N7O3/c1-26-18-14(29(20(26)33)30-16(31)3-2-4-17(30)32)5-8-25-19(18)28-11-9-27(10-12-28)15-6-7-24-13-21(15,22)23/h5,8,15,24H,2-4,6-7,9-13H2,1H3/t15-/m1/s1. The van der Waals surface area contributed by atoms with Crippen LogP contribution in [0.1, 0.15) is 25.7 Å². The molecule has 10 nitrogen and oxygen atoms in total. The Kier molecular flexibility index (Phi) is 5.44. The molecule has 3 aliphatic rings. The molecule has 178 valence electrons. The number of imide groups is 1.